The first kappa shape index (κ1) is 22.9. The van der Waals surface area contributed by atoms with E-state index in [0.717, 1.165) is 15.8 Å². The molecule has 8 heteroatoms. The summed E-state index contributed by atoms with van der Waals surface area (Å²) in [6.45, 7) is 0.326. The summed E-state index contributed by atoms with van der Waals surface area (Å²) in [5.74, 6) is 0.284. The summed E-state index contributed by atoms with van der Waals surface area (Å²) in [5, 5.41) is 3.29. The Morgan fingerprint density at radius 2 is 1.93 bits per heavy atom. The molecule has 6 nitrogen and oxygen atoms in total. The molecule has 0 fully saturated rings. The van der Waals surface area contributed by atoms with Crippen LogP contribution in [0.2, 0.25) is 0 Å². The average molecular weight is 482 g/mol. The molecule has 0 saturated carbocycles. The van der Waals surface area contributed by atoms with Crippen molar-refractivity contribution in [2.45, 2.75) is 6.04 Å². The molecule has 0 aliphatic rings. The second-order valence-electron chi connectivity index (χ2n) is 6.55. The van der Waals surface area contributed by atoms with Gasteiger partial charge in [-0.05, 0) is 38.4 Å². The molecule has 29 heavy (non-hydrogen) atoms. The van der Waals surface area contributed by atoms with Gasteiger partial charge in [0.2, 0.25) is 0 Å². The van der Waals surface area contributed by atoms with Gasteiger partial charge >= 0.3 is 0 Å². The van der Waals surface area contributed by atoms with Gasteiger partial charge in [-0.15, -0.1) is 12.4 Å². The highest BCUT2D eigenvalue weighted by atomic mass is 79.9. The molecule has 1 atom stereocenters. The van der Waals surface area contributed by atoms with E-state index in [1.165, 1.54) is 6.07 Å². The van der Waals surface area contributed by atoms with Crippen molar-refractivity contribution in [3.05, 3.63) is 74.6 Å². The van der Waals surface area contributed by atoms with Gasteiger partial charge in [-0.2, -0.15) is 0 Å². The molecule has 0 bridgehead atoms. The van der Waals surface area contributed by atoms with Crippen molar-refractivity contribution < 1.29 is 13.9 Å². The zero-order valence-corrected chi connectivity index (χ0v) is 18.7. The molecule has 0 aliphatic carbocycles. The van der Waals surface area contributed by atoms with E-state index in [4.69, 9.17) is 9.15 Å². The van der Waals surface area contributed by atoms with Crippen LogP contribution in [0.3, 0.4) is 0 Å². The predicted octanol–water partition coefficient (Wildman–Crippen LogP) is 4.02. The molecule has 0 spiro atoms. The molecule has 1 heterocycles. The highest BCUT2D eigenvalue weighted by Gasteiger charge is 2.20. The van der Waals surface area contributed by atoms with Gasteiger partial charge in [0.1, 0.15) is 11.3 Å². The van der Waals surface area contributed by atoms with Crippen molar-refractivity contribution in [1.82, 2.24) is 10.2 Å². The Balaban J connectivity index is 0.00000300. The first-order chi connectivity index (χ1) is 13.4. The van der Waals surface area contributed by atoms with Crippen molar-refractivity contribution in [3.8, 4) is 5.75 Å². The van der Waals surface area contributed by atoms with Crippen LogP contribution in [0.4, 0.5) is 0 Å². The van der Waals surface area contributed by atoms with Crippen LogP contribution in [0.1, 0.15) is 22.2 Å². The number of rotatable bonds is 6. The number of para-hydroxylation sites is 1. The predicted molar refractivity (Wildman–Crippen MR) is 119 cm³/mol. The van der Waals surface area contributed by atoms with E-state index in [1.807, 2.05) is 43.3 Å². The Morgan fingerprint density at radius 1 is 1.21 bits per heavy atom. The Labute approximate surface area is 183 Å². The zero-order chi connectivity index (χ0) is 20.3. The van der Waals surface area contributed by atoms with E-state index < -0.39 is 5.91 Å². The number of methoxy groups -OCH3 is 1. The Bertz CT molecular complexity index is 1070. The topological polar surface area (TPSA) is 71.8 Å². The number of amides is 1. The fourth-order valence-corrected chi connectivity index (χ4v) is 3.37. The van der Waals surface area contributed by atoms with Gasteiger partial charge in [0.05, 0.1) is 18.5 Å². The first-order valence-corrected chi connectivity index (χ1v) is 9.51. The van der Waals surface area contributed by atoms with Crippen molar-refractivity contribution in [3.63, 3.8) is 0 Å². The lowest BCUT2D eigenvalue weighted by atomic mass is 10.0. The first-order valence-electron chi connectivity index (χ1n) is 8.71. The largest absolute Gasteiger partial charge is 0.496 e. The summed E-state index contributed by atoms with van der Waals surface area (Å²) in [6, 6.07) is 13.9. The molecule has 0 aliphatic heterocycles. The molecule has 2 aromatic carbocycles. The number of ether oxygens (including phenoxy) is 1. The SMILES string of the molecule is COc1ccccc1C(CNC(=O)c1cc(=O)c2ccc(Br)cc2o1)N(C)C.Cl. The fraction of sp³-hybridized carbons (Fsp3) is 0.238. The van der Waals surface area contributed by atoms with E-state index >= 15 is 0 Å². The molecule has 1 amide bonds. The van der Waals surface area contributed by atoms with Gasteiger partial charge in [0, 0.05) is 22.6 Å². The number of nitrogens with zero attached hydrogens (tertiary/aromatic N) is 1. The van der Waals surface area contributed by atoms with Gasteiger partial charge in [-0.3, -0.25) is 9.59 Å². The maximum absolute atomic E-state index is 12.6. The quantitative estimate of drug-likeness (QED) is 0.576. The third-order valence-corrected chi connectivity index (χ3v) is 4.99. The number of likely N-dealkylation sites (N-methyl/N-ethyl adjacent to an activating group) is 1. The Kier molecular flexibility index (Phi) is 7.84. The summed E-state index contributed by atoms with van der Waals surface area (Å²) in [6.07, 6.45) is 0. The summed E-state index contributed by atoms with van der Waals surface area (Å²) >= 11 is 3.34. The minimum absolute atomic E-state index is 0. The number of carbonyl (C=O) groups is 1. The van der Waals surface area contributed by atoms with Crippen LogP contribution in [-0.4, -0.2) is 38.6 Å². The molecule has 3 aromatic rings. The molecule has 3 rings (SSSR count). The highest BCUT2D eigenvalue weighted by Crippen LogP contribution is 2.27. The van der Waals surface area contributed by atoms with Crippen molar-refractivity contribution in [2.75, 3.05) is 27.7 Å². The summed E-state index contributed by atoms with van der Waals surface area (Å²) < 4.78 is 11.9. The third kappa shape index (κ3) is 5.18. The molecule has 1 unspecified atom stereocenters. The zero-order valence-electron chi connectivity index (χ0n) is 16.3. The van der Waals surface area contributed by atoms with E-state index in [2.05, 4.69) is 21.2 Å². The summed E-state index contributed by atoms with van der Waals surface area (Å²) in [5.41, 5.74) is 1.06. The number of nitrogens with one attached hydrogen (secondary N) is 1. The lowest BCUT2D eigenvalue weighted by Gasteiger charge is -2.26. The van der Waals surface area contributed by atoms with Gasteiger partial charge in [0.25, 0.3) is 5.91 Å². The standard InChI is InChI=1S/C21H21BrN2O4.ClH/c1-24(2)16(14-6-4-5-7-18(14)27-3)12-23-21(26)20-11-17(25)15-9-8-13(22)10-19(15)28-20;/h4-11,16H,12H2,1-3H3,(H,23,26);1H. The Morgan fingerprint density at radius 3 is 2.62 bits per heavy atom. The van der Waals surface area contributed by atoms with Crippen molar-refractivity contribution >= 4 is 45.2 Å². The normalized spacial score (nSPS) is 11.8. The van der Waals surface area contributed by atoms with Gasteiger partial charge < -0.3 is 19.4 Å². The van der Waals surface area contributed by atoms with E-state index in [0.29, 0.717) is 17.5 Å². The Hall–Kier alpha value is -2.35. The maximum atomic E-state index is 12.6. The van der Waals surface area contributed by atoms with Gasteiger partial charge in [0.15, 0.2) is 11.2 Å². The van der Waals surface area contributed by atoms with Crippen LogP contribution in [0.5, 0.6) is 5.75 Å². The smallest absolute Gasteiger partial charge is 0.287 e. The molecule has 0 saturated heterocycles. The average Bonchev–Trinajstić information content (AvgIpc) is 2.67. The van der Waals surface area contributed by atoms with Crippen LogP contribution in [0.15, 0.2) is 62.2 Å². The van der Waals surface area contributed by atoms with E-state index in [9.17, 15) is 9.59 Å². The van der Waals surface area contributed by atoms with Gasteiger partial charge in [-0.25, -0.2) is 0 Å². The lowest BCUT2D eigenvalue weighted by Crippen LogP contribution is -2.35. The highest BCUT2D eigenvalue weighted by molar-refractivity contribution is 9.10. The number of hydrogen-bond donors (Lipinski definition) is 1. The van der Waals surface area contributed by atoms with E-state index in [-0.39, 0.29) is 29.6 Å². The number of hydrogen-bond acceptors (Lipinski definition) is 5. The van der Waals surface area contributed by atoms with Gasteiger partial charge in [-0.1, -0.05) is 34.1 Å². The van der Waals surface area contributed by atoms with Crippen LogP contribution in [0.25, 0.3) is 11.0 Å². The molecular formula is C21H22BrClN2O4. The van der Waals surface area contributed by atoms with Crippen LogP contribution >= 0.6 is 28.3 Å². The molecule has 154 valence electrons. The number of halogens is 2. The minimum Gasteiger partial charge on any atom is -0.496 e. The second kappa shape index (κ2) is 9.91. The monoisotopic (exact) mass is 480 g/mol. The molecule has 1 N–H and O–H groups in total. The second-order valence-corrected chi connectivity index (χ2v) is 7.46. The fourth-order valence-electron chi connectivity index (χ4n) is 3.03. The third-order valence-electron chi connectivity index (χ3n) is 4.49. The summed E-state index contributed by atoms with van der Waals surface area (Å²) in [4.78, 5) is 26.9. The van der Waals surface area contributed by atoms with Crippen LogP contribution in [0, 0.1) is 0 Å². The van der Waals surface area contributed by atoms with E-state index in [1.54, 1.807) is 25.3 Å². The van der Waals surface area contributed by atoms with Crippen LogP contribution in [-0.2, 0) is 0 Å². The minimum atomic E-state index is -0.444. The molecule has 0 radical (unpaired) electrons. The summed E-state index contributed by atoms with van der Waals surface area (Å²) in [7, 11) is 5.47. The van der Waals surface area contributed by atoms with Crippen molar-refractivity contribution in [1.29, 1.82) is 0 Å². The number of fused-ring (bicyclic) bond motifs is 1. The molecule has 1 aromatic heterocycles. The maximum Gasteiger partial charge on any atom is 0.287 e. The van der Waals surface area contributed by atoms with Crippen molar-refractivity contribution in [2.24, 2.45) is 0 Å². The number of benzene rings is 2. The number of carbonyl (C=O) groups excluding carboxylic acids is 1. The molecular weight excluding hydrogens is 460 g/mol. The van der Waals surface area contributed by atoms with Crippen LogP contribution < -0.4 is 15.5 Å². The lowest BCUT2D eigenvalue weighted by molar-refractivity contribution is 0.0914.